The van der Waals surface area contributed by atoms with E-state index in [1.807, 2.05) is 114 Å². The fourth-order valence-electron chi connectivity index (χ4n) is 11.3. The number of likely N-dealkylation sites (tertiary alicyclic amines) is 1. The van der Waals surface area contributed by atoms with E-state index in [2.05, 4.69) is 52.1 Å². The van der Waals surface area contributed by atoms with Crippen molar-refractivity contribution in [3.8, 4) is 16.9 Å². The lowest BCUT2D eigenvalue weighted by atomic mass is 9.88. The topological polar surface area (TPSA) is 203 Å². The summed E-state index contributed by atoms with van der Waals surface area (Å²) in [5.74, 6) is 0.153. The van der Waals surface area contributed by atoms with Gasteiger partial charge in [-0.1, -0.05) is 56.1 Å². The van der Waals surface area contributed by atoms with Gasteiger partial charge in [-0.2, -0.15) is 5.10 Å². The lowest BCUT2D eigenvalue weighted by Crippen LogP contribution is -2.39. The molecular weight excluding hydrogens is 1080 g/mol. The van der Waals surface area contributed by atoms with E-state index < -0.39 is 25.6 Å². The van der Waals surface area contributed by atoms with E-state index in [0.29, 0.717) is 91.1 Å². The fourth-order valence-corrected chi connectivity index (χ4v) is 13.0. The molecule has 3 aliphatic rings. The Bertz CT molecular complexity index is 3550. The first-order chi connectivity index (χ1) is 39.6. The molecule has 4 aromatic heterocycles. The number of piperidine rings is 2. The second-order valence-electron chi connectivity index (χ2n) is 24.7. The summed E-state index contributed by atoms with van der Waals surface area (Å²) in [5.41, 5.74) is 6.92. The van der Waals surface area contributed by atoms with Crippen LogP contribution in [0.5, 0.6) is 5.75 Å². The Hall–Kier alpha value is -7.39. The maximum Gasteiger partial charge on any atom is 0.358 e. The molecule has 10 rings (SSSR count). The number of carbonyl (C=O) groups is 5. The third-order valence-electron chi connectivity index (χ3n) is 15.7. The maximum atomic E-state index is 14.8. The number of aromatic nitrogens is 5. The number of imide groups is 1. The number of thiazole rings is 1. The highest BCUT2D eigenvalue weighted by molar-refractivity contribution is 7.22. The molecule has 7 aromatic rings. The Labute approximate surface area is 490 Å². The summed E-state index contributed by atoms with van der Waals surface area (Å²) in [6.45, 7) is 20.7. The SMILES string of the molecule is Cc1cc(OC[C@H](C)CC2CCN(CC(=O)Nc3ccc4c(C5CCC(=O)NC5=O)nn(C)c4c3)CC2)ccc1-c1ccc(N2CCc3ccnc(C(=O)N(COCC[Si](C)(C)C)c4nc5ccccc5s4)c3C2)nc1C(=O)OC(C)(C)C. The van der Waals surface area contributed by atoms with E-state index in [4.69, 9.17) is 29.2 Å². The zero-order valence-electron chi connectivity index (χ0n) is 49.2. The first-order valence-corrected chi connectivity index (χ1v) is 33.4. The van der Waals surface area contributed by atoms with Crippen molar-refractivity contribution in [1.82, 2.24) is 34.9 Å². The monoisotopic (exact) mass is 1160 g/mol. The predicted molar refractivity (Wildman–Crippen MR) is 327 cm³/mol. The van der Waals surface area contributed by atoms with Crippen LogP contribution in [0.2, 0.25) is 25.7 Å². The smallest absolute Gasteiger partial charge is 0.358 e. The third-order valence-corrected chi connectivity index (χ3v) is 18.5. The number of anilines is 3. The van der Waals surface area contributed by atoms with Crippen LogP contribution in [0.15, 0.2) is 85.1 Å². The molecule has 20 heteroatoms. The van der Waals surface area contributed by atoms with Gasteiger partial charge in [0.1, 0.15) is 29.6 Å². The largest absolute Gasteiger partial charge is 0.493 e. The Morgan fingerprint density at radius 1 is 0.916 bits per heavy atom. The van der Waals surface area contributed by atoms with Gasteiger partial charge in [-0.3, -0.25) is 44.0 Å². The van der Waals surface area contributed by atoms with Crippen molar-refractivity contribution in [1.29, 1.82) is 0 Å². The van der Waals surface area contributed by atoms with Crippen molar-refractivity contribution in [2.24, 2.45) is 18.9 Å². The average molecular weight is 1160 g/mol. The van der Waals surface area contributed by atoms with Gasteiger partial charge in [0.25, 0.3) is 5.91 Å². The summed E-state index contributed by atoms with van der Waals surface area (Å²) >= 11 is 1.45. The number of ether oxygens (including phenoxy) is 3. The van der Waals surface area contributed by atoms with Crippen LogP contribution >= 0.6 is 11.3 Å². The number of nitrogens with one attached hydrogen (secondary N) is 2. The van der Waals surface area contributed by atoms with Crippen molar-refractivity contribution in [3.05, 3.63) is 119 Å². The quantitative estimate of drug-likeness (QED) is 0.0254. The van der Waals surface area contributed by atoms with Crippen molar-refractivity contribution in [2.45, 2.75) is 117 Å². The number of hydrogen-bond acceptors (Lipinski definition) is 15. The van der Waals surface area contributed by atoms with Gasteiger partial charge >= 0.3 is 5.97 Å². The van der Waals surface area contributed by atoms with Crippen LogP contribution in [0.4, 0.5) is 16.6 Å². The number of amides is 4. The van der Waals surface area contributed by atoms with Crippen LogP contribution in [0.3, 0.4) is 0 Å². The summed E-state index contributed by atoms with van der Waals surface area (Å²) in [6, 6.07) is 26.2. The summed E-state index contributed by atoms with van der Waals surface area (Å²) in [4.78, 5) is 87.1. The number of fused-ring (bicyclic) bond motifs is 3. The van der Waals surface area contributed by atoms with Gasteiger partial charge in [-0.25, -0.2) is 14.8 Å². The Kier molecular flexibility index (Phi) is 17.6. The van der Waals surface area contributed by atoms with Crippen molar-refractivity contribution >= 4 is 86.8 Å². The minimum absolute atomic E-state index is 0.0498. The summed E-state index contributed by atoms with van der Waals surface area (Å²) < 4.78 is 21.3. The molecule has 2 atom stereocenters. The lowest BCUT2D eigenvalue weighted by Gasteiger charge is -2.32. The molecule has 0 radical (unpaired) electrons. The molecule has 3 aliphatic heterocycles. The summed E-state index contributed by atoms with van der Waals surface area (Å²) in [7, 11) is 0.427. The van der Waals surface area contributed by atoms with E-state index in [9.17, 15) is 24.0 Å². The molecule has 2 saturated heterocycles. The van der Waals surface area contributed by atoms with Crippen molar-refractivity contribution in [2.75, 3.05) is 61.2 Å². The zero-order chi connectivity index (χ0) is 58.7. The van der Waals surface area contributed by atoms with Crippen LogP contribution in [0.25, 0.3) is 32.2 Å². The molecule has 0 aliphatic carbocycles. The van der Waals surface area contributed by atoms with Crippen LogP contribution < -0.4 is 25.2 Å². The highest BCUT2D eigenvalue weighted by atomic mass is 32.1. The van der Waals surface area contributed by atoms with Gasteiger partial charge in [0.15, 0.2) is 10.8 Å². The predicted octanol–water partition coefficient (Wildman–Crippen LogP) is 10.7. The van der Waals surface area contributed by atoms with Crippen LogP contribution in [-0.2, 0) is 43.9 Å². The van der Waals surface area contributed by atoms with E-state index in [1.165, 1.54) is 11.3 Å². The number of rotatable bonds is 19. The molecule has 18 nitrogen and oxygen atoms in total. The average Bonchev–Trinajstić information content (AvgIpc) is 2.73. The van der Waals surface area contributed by atoms with Crippen LogP contribution in [-0.4, -0.2) is 119 Å². The van der Waals surface area contributed by atoms with E-state index in [1.54, 1.807) is 15.8 Å². The van der Waals surface area contributed by atoms with Crippen molar-refractivity contribution in [3.63, 3.8) is 0 Å². The number of aryl methyl sites for hydroxylation is 2. The minimum atomic E-state index is -1.39. The molecule has 1 unspecified atom stereocenters. The second kappa shape index (κ2) is 24.8. The van der Waals surface area contributed by atoms with Gasteiger partial charge in [-0.15, -0.1) is 0 Å². The van der Waals surface area contributed by atoms with Crippen molar-refractivity contribution < 1.29 is 38.2 Å². The van der Waals surface area contributed by atoms with E-state index >= 15 is 0 Å². The van der Waals surface area contributed by atoms with Crippen LogP contribution in [0.1, 0.15) is 109 Å². The highest BCUT2D eigenvalue weighted by Crippen LogP contribution is 2.37. The van der Waals surface area contributed by atoms with Gasteiger partial charge in [0, 0.05) is 69.6 Å². The van der Waals surface area contributed by atoms with Gasteiger partial charge in [0.2, 0.25) is 17.7 Å². The van der Waals surface area contributed by atoms with Gasteiger partial charge < -0.3 is 24.4 Å². The maximum absolute atomic E-state index is 14.8. The summed E-state index contributed by atoms with van der Waals surface area (Å²) in [5, 5.41) is 11.5. The molecule has 0 bridgehead atoms. The molecule has 2 fully saturated rings. The highest BCUT2D eigenvalue weighted by Gasteiger charge is 2.34. The molecule has 2 N–H and O–H groups in total. The molecule has 0 saturated carbocycles. The standard InChI is InChI=1S/C63H76N10O8SSi/c1-39(32-41-23-27-71(28-24-41)36-55(75)65-43-14-16-47-51(34-43)70(6)69-56(47)48-19-21-54(74)68-59(48)76)37-80-44-15-17-45(40(2)33-44)46-18-20-53(67-58(46)61(78)81-63(3,4)5)72-29-25-42-22-26-64-57(49(42)35-72)60(77)73(38-79-30-31-83(7,8)9)62-66-50-12-10-11-13-52(50)82-62/h10-18,20,22,26,33-34,39,41,48H,19,21,23-25,27-32,35-38H2,1-9H3,(H,65,75)(H,68,74,76)/t39-,48?/m1/s1. The first-order valence-electron chi connectivity index (χ1n) is 28.9. The number of para-hydroxylation sites is 1. The molecule has 7 heterocycles. The molecule has 436 valence electrons. The lowest BCUT2D eigenvalue weighted by molar-refractivity contribution is -0.134. The Morgan fingerprint density at radius 3 is 2.45 bits per heavy atom. The number of nitrogens with zero attached hydrogens (tertiary/aromatic N) is 8. The normalized spacial score (nSPS) is 16.6. The summed E-state index contributed by atoms with van der Waals surface area (Å²) in [6.07, 6.45) is 6.03. The van der Waals surface area contributed by atoms with E-state index in [0.717, 1.165) is 87.5 Å². The molecular formula is C63H76N10O8SSi. The number of carbonyl (C=O) groups excluding carboxylic acids is 5. The molecule has 4 amide bonds. The number of hydrogen-bond donors (Lipinski definition) is 2. The zero-order valence-corrected chi connectivity index (χ0v) is 51.0. The Morgan fingerprint density at radius 2 is 1.70 bits per heavy atom. The first kappa shape index (κ1) is 58.8. The number of esters is 1. The molecule has 0 spiro atoms. The molecule has 3 aromatic carbocycles. The van der Waals surface area contributed by atoms with Gasteiger partial charge in [-0.05, 0) is 168 Å². The van der Waals surface area contributed by atoms with Gasteiger partial charge in [0.05, 0.1) is 40.5 Å². The van der Waals surface area contributed by atoms with E-state index in [-0.39, 0.29) is 42.5 Å². The number of pyridine rings is 2. The molecule has 83 heavy (non-hydrogen) atoms. The second-order valence-corrected chi connectivity index (χ2v) is 31.4. The third kappa shape index (κ3) is 14.2. The van der Waals surface area contributed by atoms with Crippen LogP contribution in [0, 0.1) is 18.8 Å². The fraction of sp³-hybridized carbons (Fsp3) is 0.444. The minimum Gasteiger partial charge on any atom is -0.493 e. The number of benzene rings is 3. The Balaban J connectivity index is 0.757.